The molecule has 4 saturated carbocycles. The largest absolute Gasteiger partial charge is 0.390 e. The van der Waals surface area contributed by atoms with Crippen LogP contribution in [-0.2, 0) is 10.0 Å². The topological polar surface area (TPSA) is 96.4 Å². The Balaban J connectivity index is 0.978. The Labute approximate surface area is 248 Å². The molecule has 2 unspecified atom stereocenters. The molecule has 42 heavy (non-hydrogen) atoms. The number of nitrogens with one attached hydrogen (secondary N) is 1. The van der Waals surface area contributed by atoms with E-state index in [2.05, 4.69) is 45.4 Å². The fraction of sp³-hybridized carbons (Fsp3) is 0.594. The monoisotopic (exact) mass is 591 g/mol. The highest BCUT2D eigenvalue weighted by Gasteiger charge is 2.55. The van der Waals surface area contributed by atoms with Crippen molar-refractivity contribution in [3.05, 3.63) is 48.5 Å². The summed E-state index contributed by atoms with van der Waals surface area (Å²) in [4.78, 5) is 20.2. The van der Waals surface area contributed by atoms with Crippen molar-refractivity contribution in [1.29, 1.82) is 0 Å². The number of aliphatic hydroxyl groups is 1. The molecule has 0 radical (unpaired) electrons. The summed E-state index contributed by atoms with van der Waals surface area (Å²) in [6, 6.07) is 17.0. The minimum absolute atomic E-state index is 0.0234. The average molecular weight is 592 g/mol. The Bertz CT molecular complexity index is 1470. The summed E-state index contributed by atoms with van der Waals surface area (Å²) in [5.74, 6) is 1.37. The fourth-order valence-electron chi connectivity index (χ4n) is 9.74. The van der Waals surface area contributed by atoms with Gasteiger partial charge in [0, 0.05) is 55.7 Å². The summed E-state index contributed by atoms with van der Waals surface area (Å²) >= 11 is 0. The lowest BCUT2D eigenvalue weighted by Crippen LogP contribution is -2.63. The van der Waals surface area contributed by atoms with E-state index in [9.17, 15) is 18.3 Å². The molecule has 9 nitrogen and oxygen atoms in total. The highest BCUT2D eigenvalue weighted by Crippen LogP contribution is 2.55. The molecule has 2 saturated heterocycles. The number of rotatable bonds is 4. The van der Waals surface area contributed by atoms with E-state index in [-0.39, 0.29) is 24.2 Å². The number of benzene rings is 2. The van der Waals surface area contributed by atoms with Crippen molar-refractivity contribution in [3.63, 3.8) is 0 Å². The second-order valence-corrected chi connectivity index (χ2v) is 15.7. The summed E-state index contributed by atoms with van der Waals surface area (Å²) < 4.78 is 26.4. The smallest absolute Gasteiger partial charge is 0.322 e. The van der Waals surface area contributed by atoms with Crippen LogP contribution in [-0.4, -0.2) is 80.0 Å². The van der Waals surface area contributed by atoms with Crippen LogP contribution in [0.4, 0.5) is 27.5 Å². The van der Waals surface area contributed by atoms with Crippen LogP contribution >= 0.6 is 0 Å². The molecule has 2 N–H and O–H groups in total. The van der Waals surface area contributed by atoms with E-state index in [0.29, 0.717) is 30.8 Å². The van der Waals surface area contributed by atoms with Crippen molar-refractivity contribution in [1.82, 2.24) is 9.62 Å². The fourth-order valence-corrected chi connectivity index (χ4v) is 11.2. The quantitative estimate of drug-likeness (QED) is 0.560. The van der Waals surface area contributed by atoms with Gasteiger partial charge in [0.05, 0.1) is 23.2 Å². The molecule has 9 rings (SSSR count). The van der Waals surface area contributed by atoms with Gasteiger partial charge in [-0.05, 0) is 99.1 Å². The first-order valence-electron chi connectivity index (χ1n) is 15.7. The minimum atomic E-state index is -3.19. The number of urea groups is 1. The molecule has 0 aromatic heterocycles. The van der Waals surface area contributed by atoms with Crippen LogP contribution in [0.15, 0.2) is 48.5 Å². The zero-order valence-corrected chi connectivity index (χ0v) is 25.0. The molecular weight excluding hydrogens is 550 g/mol. The van der Waals surface area contributed by atoms with Gasteiger partial charge in [0.25, 0.3) is 0 Å². The number of piperazine rings is 1. The zero-order chi connectivity index (χ0) is 28.8. The van der Waals surface area contributed by atoms with Gasteiger partial charge in [0.2, 0.25) is 10.0 Å². The van der Waals surface area contributed by atoms with Gasteiger partial charge in [0.15, 0.2) is 0 Å². The maximum atomic E-state index is 13.7. The minimum Gasteiger partial charge on any atom is -0.390 e. The SMILES string of the molecule is CS(=O)(=O)N1[C@H]2CC[C@H]1CN(c1ccc(N3CCN(C(=O)NC4C5CC6CC4CC(O)(C6)C5)c4ccccc43)cc1)C2. The van der Waals surface area contributed by atoms with Gasteiger partial charge in [-0.25, -0.2) is 13.2 Å². The van der Waals surface area contributed by atoms with Crippen molar-refractivity contribution in [2.24, 2.45) is 17.8 Å². The van der Waals surface area contributed by atoms with Crippen molar-refractivity contribution in [3.8, 4) is 0 Å². The summed E-state index contributed by atoms with van der Waals surface area (Å²) in [7, 11) is -3.19. The van der Waals surface area contributed by atoms with E-state index >= 15 is 0 Å². The third kappa shape index (κ3) is 4.40. The van der Waals surface area contributed by atoms with Gasteiger partial charge >= 0.3 is 6.03 Å². The van der Waals surface area contributed by atoms with Crippen molar-refractivity contribution < 1.29 is 18.3 Å². The molecule has 224 valence electrons. The van der Waals surface area contributed by atoms with Crippen molar-refractivity contribution in [2.45, 2.75) is 68.7 Å². The number of sulfonamides is 1. The predicted molar refractivity (Wildman–Crippen MR) is 164 cm³/mol. The third-order valence-electron chi connectivity index (χ3n) is 11.1. The zero-order valence-electron chi connectivity index (χ0n) is 24.2. The Morgan fingerprint density at radius 2 is 1.50 bits per heavy atom. The summed E-state index contributed by atoms with van der Waals surface area (Å²) in [6.07, 6.45) is 8.01. The van der Waals surface area contributed by atoms with Crippen LogP contribution in [0.1, 0.15) is 44.9 Å². The molecular formula is C32H41N5O4S. The van der Waals surface area contributed by atoms with E-state index in [1.165, 1.54) is 6.26 Å². The molecule has 0 spiro atoms. The molecule has 10 heteroatoms. The number of hydrogen-bond donors (Lipinski definition) is 2. The number of anilines is 4. The lowest BCUT2D eigenvalue weighted by atomic mass is 9.52. The van der Waals surface area contributed by atoms with E-state index in [0.717, 1.165) is 80.8 Å². The molecule has 6 fully saturated rings. The Kier molecular flexibility index (Phi) is 6.12. The molecule has 3 heterocycles. The number of fused-ring (bicyclic) bond motifs is 3. The molecule has 6 bridgehead atoms. The lowest BCUT2D eigenvalue weighted by Gasteiger charge is -2.58. The van der Waals surface area contributed by atoms with E-state index in [1.807, 2.05) is 23.1 Å². The second kappa shape index (κ2) is 9.59. The van der Waals surface area contributed by atoms with Crippen LogP contribution in [0.2, 0.25) is 0 Å². The Morgan fingerprint density at radius 3 is 2.12 bits per heavy atom. The van der Waals surface area contributed by atoms with Crippen LogP contribution in [0.5, 0.6) is 0 Å². The van der Waals surface area contributed by atoms with Gasteiger partial charge in [-0.15, -0.1) is 0 Å². The lowest BCUT2D eigenvalue weighted by molar-refractivity contribution is -0.136. The number of carbonyl (C=O) groups excluding carboxylic acids is 1. The van der Waals surface area contributed by atoms with Gasteiger partial charge in [-0.1, -0.05) is 12.1 Å². The highest BCUT2D eigenvalue weighted by molar-refractivity contribution is 7.88. The third-order valence-corrected chi connectivity index (χ3v) is 12.5. The number of carbonyl (C=O) groups is 1. The van der Waals surface area contributed by atoms with Crippen LogP contribution in [0.25, 0.3) is 0 Å². The standard InChI is InChI=1S/C32H41N5O4S/c1-42(40,41)37-26-10-11-27(37)20-34(19-26)24-6-8-25(9-7-24)35-12-13-36(29-5-3-2-4-28(29)35)31(38)33-30-22-14-21-15-23(30)18-32(39,16-21)17-22/h2-9,21-23,26-27,30,39H,10-20H2,1H3,(H,33,38)/t21?,22?,23?,26-,27-,30?,32?/m0/s1. The van der Waals surface area contributed by atoms with Crippen molar-refractivity contribution >= 4 is 38.8 Å². The Morgan fingerprint density at radius 1 is 0.881 bits per heavy atom. The molecule has 3 aliphatic heterocycles. The summed E-state index contributed by atoms with van der Waals surface area (Å²) in [5, 5.41) is 14.4. The van der Waals surface area contributed by atoms with E-state index in [1.54, 1.807) is 4.31 Å². The first kappa shape index (κ1) is 26.8. The van der Waals surface area contributed by atoms with Gasteiger partial charge < -0.3 is 20.2 Å². The van der Waals surface area contributed by atoms with Gasteiger partial charge in [-0.2, -0.15) is 4.31 Å². The summed E-state index contributed by atoms with van der Waals surface area (Å²) in [5.41, 5.74) is 3.64. The number of hydrogen-bond acceptors (Lipinski definition) is 6. The highest BCUT2D eigenvalue weighted by atomic mass is 32.2. The van der Waals surface area contributed by atoms with E-state index < -0.39 is 15.6 Å². The normalized spacial score (nSPS) is 35.4. The second-order valence-electron chi connectivity index (χ2n) is 13.9. The molecule has 2 aromatic rings. The van der Waals surface area contributed by atoms with Gasteiger partial charge in [-0.3, -0.25) is 4.90 Å². The number of amides is 2. The van der Waals surface area contributed by atoms with Crippen LogP contribution in [0.3, 0.4) is 0 Å². The van der Waals surface area contributed by atoms with Crippen LogP contribution in [0, 0.1) is 17.8 Å². The molecule has 2 aromatic carbocycles. The number of para-hydroxylation sites is 2. The van der Waals surface area contributed by atoms with Crippen molar-refractivity contribution in [2.75, 3.05) is 47.1 Å². The van der Waals surface area contributed by atoms with Gasteiger partial charge in [0.1, 0.15) is 0 Å². The Hall–Kier alpha value is -2.82. The molecule has 4 aliphatic carbocycles. The van der Waals surface area contributed by atoms with E-state index in [4.69, 9.17) is 0 Å². The van der Waals surface area contributed by atoms with Crippen LogP contribution < -0.4 is 20.0 Å². The first-order valence-corrected chi connectivity index (χ1v) is 17.5. The first-order chi connectivity index (χ1) is 20.1. The molecule has 4 atom stereocenters. The average Bonchev–Trinajstić information content (AvgIpc) is 3.24. The summed E-state index contributed by atoms with van der Waals surface area (Å²) in [6.45, 7) is 2.74. The maximum absolute atomic E-state index is 13.7. The number of nitrogens with zero attached hydrogens (tertiary/aromatic N) is 4. The maximum Gasteiger partial charge on any atom is 0.322 e. The predicted octanol–water partition coefficient (Wildman–Crippen LogP) is 3.91. The molecule has 2 amide bonds. The molecule has 7 aliphatic rings.